The third kappa shape index (κ3) is 1.14. The number of fused-ring (bicyclic) bond motifs is 1. The lowest BCUT2D eigenvalue weighted by atomic mass is 9.87. The zero-order chi connectivity index (χ0) is 10.3. The second kappa shape index (κ2) is 2.83. The average Bonchev–Trinajstić information content (AvgIpc) is 2.61. The lowest BCUT2D eigenvalue weighted by Gasteiger charge is -2.16. The van der Waals surface area contributed by atoms with Gasteiger partial charge in [-0.15, -0.1) is 0 Å². The molecule has 0 unspecified atom stereocenters. The fourth-order valence-electron chi connectivity index (χ4n) is 1.82. The maximum Gasteiger partial charge on any atom is 0.316 e. The quantitative estimate of drug-likeness (QED) is 0.777. The van der Waals surface area contributed by atoms with Crippen LogP contribution in [0.5, 0.6) is 0 Å². The first-order valence-electron chi connectivity index (χ1n) is 4.75. The Morgan fingerprint density at radius 1 is 1.50 bits per heavy atom. The molecule has 0 aromatic carbocycles. The van der Waals surface area contributed by atoms with Crippen molar-refractivity contribution in [3.63, 3.8) is 0 Å². The second-order valence-electron chi connectivity index (χ2n) is 4.22. The first-order valence-corrected chi connectivity index (χ1v) is 4.75. The highest BCUT2D eigenvalue weighted by Gasteiger charge is 2.38. The molecule has 0 aliphatic heterocycles. The van der Waals surface area contributed by atoms with Crippen LogP contribution >= 0.6 is 0 Å². The molecule has 0 radical (unpaired) electrons. The first-order chi connectivity index (χ1) is 6.53. The zero-order valence-corrected chi connectivity index (χ0v) is 8.33. The van der Waals surface area contributed by atoms with Crippen LogP contribution in [0.3, 0.4) is 0 Å². The normalized spacial score (nSPS) is 15.6. The molecule has 1 N–H and O–H groups in total. The first kappa shape index (κ1) is 9.24. The van der Waals surface area contributed by atoms with Crippen LogP contribution in [0.4, 0.5) is 0 Å². The molecule has 14 heavy (non-hydrogen) atoms. The van der Waals surface area contributed by atoms with Crippen LogP contribution in [0.15, 0.2) is 4.52 Å². The molecule has 2 rings (SSSR count). The Kier molecular flexibility index (Phi) is 1.87. The van der Waals surface area contributed by atoms with Crippen LogP contribution in [0.1, 0.15) is 37.3 Å². The molecule has 1 heterocycles. The Bertz CT molecular complexity index is 379. The van der Waals surface area contributed by atoms with Gasteiger partial charge in [0.15, 0.2) is 5.76 Å². The van der Waals surface area contributed by atoms with Crippen molar-refractivity contribution in [1.82, 2.24) is 5.16 Å². The highest BCUT2D eigenvalue weighted by molar-refractivity contribution is 5.79. The van der Waals surface area contributed by atoms with Crippen LogP contribution in [0.25, 0.3) is 0 Å². The van der Waals surface area contributed by atoms with Gasteiger partial charge in [0.2, 0.25) is 0 Å². The van der Waals surface area contributed by atoms with Crippen LogP contribution in [-0.4, -0.2) is 16.2 Å². The van der Waals surface area contributed by atoms with Crippen molar-refractivity contribution in [2.24, 2.45) is 0 Å². The highest BCUT2D eigenvalue weighted by atomic mass is 16.5. The Morgan fingerprint density at radius 2 is 2.21 bits per heavy atom. The van der Waals surface area contributed by atoms with Gasteiger partial charge in [0, 0.05) is 5.56 Å². The summed E-state index contributed by atoms with van der Waals surface area (Å²) in [5.74, 6) is -0.346. The van der Waals surface area contributed by atoms with Crippen LogP contribution in [0, 0.1) is 0 Å². The molecule has 0 bridgehead atoms. The zero-order valence-electron chi connectivity index (χ0n) is 8.33. The molecule has 0 amide bonds. The van der Waals surface area contributed by atoms with Crippen molar-refractivity contribution in [2.45, 2.75) is 38.5 Å². The maximum absolute atomic E-state index is 11.0. The van der Waals surface area contributed by atoms with Crippen molar-refractivity contribution in [3.05, 3.63) is 17.0 Å². The minimum atomic E-state index is -0.967. The number of hydrogen-bond donors (Lipinski definition) is 1. The van der Waals surface area contributed by atoms with Crippen molar-refractivity contribution in [1.29, 1.82) is 0 Å². The Balaban J connectivity index is 2.47. The third-order valence-electron chi connectivity index (χ3n) is 2.81. The van der Waals surface area contributed by atoms with Crippen molar-refractivity contribution in [3.8, 4) is 0 Å². The predicted octanol–water partition coefficient (Wildman–Crippen LogP) is 1.53. The second-order valence-corrected chi connectivity index (χ2v) is 4.22. The Hall–Kier alpha value is -1.32. The van der Waals surface area contributed by atoms with Crippen molar-refractivity contribution >= 4 is 5.97 Å². The van der Waals surface area contributed by atoms with Crippen molar-refractivity contribution < 1.29 is 14.4 Å². The summed E-state index contributed by atoms with van der Waals surface area (Å²) in [5, 5.41) is 13.0. The summed E-state index contributed by atoms with van der Waals surface area (Å²) in [5.41, 5.74) is 0.983. The summed E-state index contributed by atoms with van der Waals surface area (Å²) in [6, 6.07) is 0. The van der Waals surface area contributed by atoms with E-state index in [9.17, 15) is 4.79 Å². The molecule has 1 aliphatic rings. The van der Waals surface area contributed by atoms with Crippen LogP contribution < -0.4 is 0 Å². The van der Waals surface area contributed by atoms with Gasteiger partial charge < -0.3 is 9.63 Å². The number of carbonyl (C=O) groups is 1. The summed E-state index contributed by atoms with van der Waals surface area (Å²) in [4.78, 5) is 11.0. The topological polar surface area (TPSA) is 63.3 Å². The summed E-state index contributed by atoms with van der Waals surface area (Å²) >= 11 is 0. The molecular formula is C10H13NO3. The number of carboxylic acids is 1. The summed E-state index contributed by atoms with van der Waals surface area (Å²) in [6.45, 7) is 3.29. The standard InChI is InChI=1S/C10H13NO3/c1-10(2,9(12)13)8-6-4-3-5-7(6)11-14-8/h3-5H2,1-2H3,(H,12,13). The lowest BCUT2D eigenvalue weighted by Crippen LogP contribution is -2.29. The minimum Gasteiger partial charge on any atom is -0.481 e. The molecule has 4 nitrogen and oxygen atoms in total. The Morgan fingerprint density at radius 3 is 2.86 bits per heavy atom. The molecule has 4 heteroatoms. The molecule has 0 atom stereocenters. The van der Waals surface area contributed by atoms with Gasteiger partial charge in [-0.25, -0.2) is 0 Å². The van der Waals surface area contributed by atoms with E-state index in [2.05, 4.69) is 5.16 Å². The number of aryl methyl sites for hydroxylation is 1. The van der Waals surface area contributed by atoms with Crippen molar-refractivity contribution in [2.75, 3.05) is 0 Å². The number of carboxylic acid groups (broad SMARTS) is 1. The number of rotatable bonds is 2. The number of nitrogens with zero attached hydrogens (tertiary/aromatic N) is 1. The van der Waals surface area contributed by atoms with E-state index in [1.54, 1.807) is 13.8 Å². The molecule has 1 aromatic rings. The number of aliphatic carboxylic acids is 1. The molecule has 0 fully saturated rings. The SMILES string of the molecule is CC(C)(C(=O)O)c1onc2c1CCC2. The smallest absolute Gasteiger partial charge is 0.316 e. The van der Waals surface area contributed by atoms with Gasteiger partial charge in [-0.05, 0) is 33.1 Å². The van der Waals surface area contributed by atoms with E-state index in [1.807, 2.05) is 0 Å². The van der Waals surface area contributed by atoms with E-state index in [0.717, 1.165) is 30.5 Å². The molecular weight excluding hydrogens is 182 g/mol. The fraction of sp³-hybridized carbons (Fsp3) is 0.600. The molecule has 0 saturated heterocycles. The van der Waals surface area contributed by atoms with E-state index in [1.165, 1.54) is 0 Å². The summed E-state index contributed by atoms with van der Waals surface area (Å²) in [7, 11) is 0. The third-order valence-corrected chi connectivity index (χ3v) is 2.81. The van der Waals surface area contributed by atoms with E-state index in [4.69, 9.17) is 9.63 Å². The number of aromatic nitrogens is 1. The average molecular weight is 195 g/mol. The van der Waals surface area contributed by atoms with Gasteiger partial charge in [-0.3, -0.25) is 4.79 Å². The van der Waals surface area contributed by atoms with Gasteiger partial charge in [-0.1, -0.05) is 5.16 Å². The Labute approximate surface area is 81.9 Å². The summed E-state index contributed by atoms with van der Waals surface area (Å²) < 4.78 is 5.13. The van der Waals surface area contributed by atoms with Crippen LogP contribution in [-0.2, 0) is 23.1 Å². The minimum absolute atomic E-state index is 0.525. The van der Waals surface area contributed by atoms with E-state index >= 15 is 0 Å². The highest BCUT2D eigenvalue weighted by Crippen LogP contribution is 2.33. The number of hydrogen-bond acceptors (Lipinski definition) is 3. The molecule has 76 valence electrons. The summed E-state index contributed by atoms with van der Waals surface area (Å²) in [6.07, 6.45) is 2.86. The maximum atomic E-state index is 11.0. The van der Waals surface area contributed by atoms with Gasteiger partial charge in [0.1, 0.15) is 5.41 Å². The van der Waals surface area contributed by atoms with Gasteiger partial charge >= 0.3 is 5.97 Å². The van der Waals surface area contributed by atoms with Gasteiger partial charge in [0.25, 0.3) is 0 Å². The fourth-order valence-corrected chi connectivity index (χ4v) is 1.82. The van der Waals surface area contributed by atoms with E-state index in [-0.39, 0.29) is 0 Å². The largest absolute Gasteiger partial charge is 0.481 e. The predicted molar refractivity (Wildman–Crippen MR) is 49.2 cm³/mol. The monoisotopic (exact) mass is 195 g/mol. The van der Waals surface area contributed by atoms with Gasteiger partial charge in [-0.2, -0.15) is 0 Å². The molecule has 1 aromatic heterocycles. The lowest BCUT2D eigenvalue weighted by molar-refractivity contribution is -0.143. The molecule has 0 saturated carbocycles. The van der Waals surface area contributed by atoms with Crippen LogP contribution in [0.2, 0.25) is 0 Å². The molecule has 1 aliphatic carbocycles. The molecule has 0 spiro atoms. The van der Waals surface area contributed by atoms with E-state index < -0.39 is 11.4 Å². The van der Waals surface area contributed by atoms with E-state index in [0.29, 0.717) is 5.76 Å². The van der Waals surface area contributed by atoms with Gasteiger partial charge in [0.05, 0.1) is 5.69 Å².